The number of hydrogen-bond donors (Lipinski definition) is 1. The number of carbonyl (C=O) groups excluding carboxylic acids is 1. The molecule has 1 aromatic rings. The fourth-order valence-corrected chi connectivity index (χ4v) is 1.70. The molecular weight excluding hydrogens is 230 g/mol. The van der Waals surface area contributed by atoms with E-state index in [1.165, 1.54) is 13.3 Å². The maximum Gasteiger partial charge on any atom is 0.340 e. The third kappa shape index (κ3) is 3.35. The van der Waals surface area contributed by atoms with Crippen LogP contribution in [0.5, 0.6) is 0 Å². The van der Waals surface area contributed by atoms with Crippen LogP contribution in [0.4, 0.5) is 11.5 Å². The molecule has 0 radical (unpaired) electrons. The summed E-state index contributed by atoms with van der Waals surface area (Å²) in [4.78, 5) is 18.0. The minimum Gasteiger partial charge on any atom is -0.465 e. The van der Waals surface area contributed by atoms with Crippen molar-refractivity contribution in [2.24, 2.45) is 0 Å². The molecule has 0 bridgehead atoms. The zero-order valence-corrected chi connectivity index (χ0v) is 11.3. The van der Waals surface area contributed by atoms with Crippen LogP contribution >= 0.6 is 0 Å². The van der Waals surface area contributed by atoms with Crippen molar-refractivity contribution in [1.82, 2.24) is 4.98 Å². The minimum atomic E-state index is -0.428. The van der Waals surface area contributed by atoms with E-state index in [4.69, 9.17) is 10.5 Å². The van der Waals surface area contributed by atoms with Gasteiger partial charge in [-0.3, -0.25) is 0 Å². The quantitative estimate of drug-likeness (QED) is 0.784. The van der Waals surface area contributed by atoms with Gasteiger partial charge in [0.05, 0.1) is 24.6 Å². The molecule has 100 valence electrons. The second-order valence-electron chi connectivity index (χ2n) is 4.05. The predicted molar refractivity (Wildman–Crippen MR) is 72.8 cm³/mol. The van der Waals surface area contributed by atoms with Crippen molar-refractivity contribution in [3.8, 4) is 0 Å². The van der Waals surface area contributed by atoms with Gasteiger partial charge in [0.2, 0.25) is 0 Å². The number of hydrogen-bond acceptors (Lipinski definition) is 5. The highest BCUT2D eigenvalue weighted by Gasteiger charge is 2.14. The van der Waals surface area contributed by atoms with Crippen molar-refractivity contribution in [3.05, 3.63) is 17.8 Å². The first kappa shape index (κ1) is 14.3. The van der Waals surface area contributed by atoms with E-state index in [1.54, 1.807) is 6.07 Å². The van der Waals surface area contributed by atoms with E-state index in [-0.39, 0.29) is 0 Å². The van der Waals surface area contributed by atoms with E-state index in [2.05, 4.69) is 23.7 Å². The van der Waals surface area contributed by atoms with Gasteiger partial charge in [-0.25, -0.2) is 9.78 Å². The van der Waals surface area contributed by atoms with Crippen LogP contribution in [0.3, 0.4) is 0 Å². The molecule has 18 heavy (non-hydrogen) atoms. The van der Waals surface area contributed by atoms with E-state index in [9.17, 15) is 4.79 Å². The number of nitrogens with zero attached hydrogens (tertiary/aromatic N) is 2. The highest BCUT2D eigenvalue weighted by Crippen LogP contribution is 2.19. The number of unbranched alkanes of at least 4 members (excludes halogenated alkanes) is 1. The number of ether oxygens (including phenoxy) is 1. The predicted octanol–water partition coefficient (Wildman–Crippen LogP) is 2.08. The molecule has 0 saturated heterocycles. The summed E-state index contributed by atoms with van der Waals surface area (Å²) in [5.74, 6) is 0.336. The number of pyridine rings is 1. The molecule has 2 N–H and O–H groups in total. The molecular formula is C13H21N3O2. The second-order valence-corrected chi connectivity index (χ2v) is 4.05. The van der Waals surface area contributed by atoms with E-state index >= 15 is 0 Å². The monoisotopic (exact) mass is 251 g/mol. The lowest BCUT2D eigenvalue weighted by molar-refractivity contribution is 0.0602. The SMILES string of the molecule is CCCCN(CC)c1cc(C(=O)OC)c(N)cn1. The first-order valence-electron chi connectivity index (χ1n) is 6.22. The highest BCUT2D eigenvalue weighted by atomic mass is 16.5. The number of nitrogen functional groups attached to an aromatic ring is 1. The average molecular weight is 251 g/mol. The Morgan fingerprint density at radius 2 is 2.22 bits per heavy atom. The Balaban J connectivity index is 2.98. The van der Waals surface area contributed by atoms with Crippen LogP contribution < -0.4 is 10.6 Å². The average Bonchev–Trinajstić information content (AvgIpc) is 2.40. The van der Waals surface area contributed by atoms with E-state index in [1.807, 2.05) is 0 Å². The third-order valence-electron chi connectivity index (χ3n) is 2.81. The van der Waals surface area contributed by atoms with Crippen LogP contribution in [-0.2, 0) is 4.74 Å². The lowest BCUT2D eigenvalue weighted by Crippen LogP contribution is -2.25. The van der Waals surface area contributed by atoms with Gasteiger partial charge in [0.25, 0.3) is 0 Å². The van der Waals surface area contributed by atoms with Gasteiger partial charge < -0.3 is 15.4 Å². The molecule has 0 fully saturated rings. The Kier molecular flexibility index (Phi) is 5.42. The first-order valence-corrected chi connectivity index (χ1v) is 6.22. The summed E-state index contributed by atoms with van der Waals surface area (Å²) in [6.45, 7) is 5.97. The van der Waals surface area contributed by atoms with Crippen molar-refractivity contribution in [1.29, 1.82) is 0 Å². The van der Waals surface area contributed by atoms with Crippen molar-refractivity contribution < 1.29 is 9.53 Å². The Labute approximate surface area is 108 Å². The van der Waals surface area contributed by atoms with Crippen molar-refractivity contribution in [3.63, 3.8) is 0 Å². The molecule has 0 aliphatic rings. The minimum absolute atomic E-state index is 0.345. The molecule has 0 aliphatic carbocycles. The summed E-state index contributed by atoms with van der Waals surface area (Å²) < 4.78 is 4.70. The van der Waals surface area contributed by atoms with Crippen molar-refractivity contribution in [2.75, 3.05) is 30.8 Å². The van der Waals surface area contributed by atoms with Crippen LogP contribution in [0, 0.1) is 0 Å². The number of esters is 1. The number of carbonyl (C=O) groups is 1. The number of rotatable bonds is 6. The van der Waals surface area contributed by atoms with E-state index in [0.717, 1.165) is 31.7 Å². The molecule has 0 amide bonds. The van der Waals surface area contributed by atoms with Crippen LogP contribution in [0.25, 0.3) is 0 Å². The number of anilines is 2. The van der Waals surface area contributed by atoms with Gasteiger partial charge in [0.1, 0.15) is 5.82 Å². The summed E-state index contributed by atoms with van der Waals surface area (Å²) >= 11 is 0. The highest BCUT2D eigenvalue weighted by molar-refractivity contribution is 5.95. The van der Waals surface area contributed by atoms with E-state index in [0.29, 0.717) is 11.3 Å². The zero-order valence-electron chi connectivity index (χ0n) is 11.3. The van der Waals surface area contributed by atoms with Gasteiger partial charge in [0, 0.05) is 13.1 Å². The number of nitrogens with two attached hydrogens (primary N) is 1. The van der Waals surface area contributed by atoms with Crippen molar-refractivity contribution in [2.45, 2.75) is 26.7 Å². The maximum absolute atomic E-state index is 11.6. The standard InChI is InChI=1S/C13H21N3O2/c1-4-6-7-16(5-2)12-8-10(13(17)18-3)11(14)9-15-12/h8-9H,4-7,14H2,1-3H3. The summed E-state index contributed by atoms with van der Waals surface area (Å²) in [5.41, 5.74) is 6.44. The number of methoxy groups -OCH3 is 1. The molecule has 1 rings (SSSR count). The molecule has 1 aromatic heterocycles. The summed E-state index contributed by atoms with van der Waals surface area (Å²) in [5, 5.41) is 0. The largest absolute Gasteiger partial charge is 0.465 e. The first-order chi connectivity index (χ1) is 8.63. The van der Waals surface area contributed by atoms with Gasteiger partial charge >= 0.3 is 5.97 Å². The fourth-order valence-electron chi connectivity index (χ4n) is 1.70. The Hall–Kier alpha value is -1.78. The maximum atomic E-state index is 11.6. The summed E-state index contributed by atoms with van der Waals surface area (Å²) in [7, 11) is 1.34. The van der Waals surface area contributed by atoms with Gasteiger partial charge in [-0.05, 0) is 19.4 Å². The molecule has 5 nitrogen and oxygen atoms in total. The summed E-state index contributed by atoms with van der Waals surface area (Å²) in [6.07, 6.45) is 3.72. The second kappa shape index (κ2) is 6.83. The van der Waals surface area contributed by atoms with Crippen LogP contribution in [-0.4, -0.2) is 31.2 Å². The van der Waals surface area contributed by atoms with Gasteiger partial charge in [-0.1, -0.05) is 13.3 Å². The van der Waals surface area contributed by atoms with Crippen molar-refractivity contribution >= 4 is 17.5 Å². The Morgan fingerprint density at radius 3 is 2.78 bits per heavy atom. The Bertz CT molecular complexity index is 407. The molecule has 5 heteroatoms. The van der Waals surface area contributed by atoms with Gasteiger partial charge in [0.15, 0.2) is 0 Å². The van der Waals surface area contributed by atoms with Crippen LogP contribution in [0.2, 0.25) is 0 Å². The molecule has 0 atom stereocenters. The summed E-state index contributed by atoms with van der Waals surface area (Å²) in [6, 6.07) is 1.69. The van der Waals surface area contributed by atoms with Gasteiger partial charge in [-0.15, -0.1) is 0 Å². The third-order valence-corrected chi connectivity index (χ3v) is 2.81. The van der Waals surface area contributed by atoms with Crippen LogP contribution in [0.1, 0.15) is 37.0 Å². The van der Waals surface area contributed by atoms with Gasteiger partial charge in [-0.2, -0.15) is 0 Å². The van der Waals surface area contributed by atoms with Crippen LogP contribution in [0.15, 0.2) is 12.3 Å². The zero-order chi connectivity index (χ0) is 13.5. The molecule has 1 heterocycles. The molecule has 0 spiro atoms. The smallest absolute Gasteiger partial charge is 0.340 e. The Morgan fingerprint density at radius 1 is 1.50 bits per heavy atom. The molecule has 0 aromatic carbocycles. The lowest BCUT2D eigenvalue weighted by atomic mass is 10.2. The lowest BCUT2D eigenvalue weighted by Gasteiger charge is -2.22. The normalized spacial score (nSPS) is 10.2. The molecule has 0 aliphatic heterocycles. The molecule has 0 unspecified atom stereocenters. The topological polar surface area (TPSA) is 68.5 Å². The van der Waals surface area contributed by atoms with E-state index < -0.39 is 5.97 Å². The fraction of sp³-hybridized carbons (Fsp3) is 0.538. The molecule has 0 saturated carbocycles. The number of aromatic nitrogens is 1.